The Bertz CT molecular complexity index is 1590. The number of phosphoric acid groups is 1. The highest BCUT2D eigenvalue weighted by atomic mass is 31.2. The minimum absolute atomic E-state index is 0.0275. The first-order valence-electron chi connectivity index (χ1n) is 31.9. The Kier molecular flexibility index (Phi) is 54.4. The molecule has 10 heteroatoms. The van der Waals surface area contributed by atoms with Gasteiger partial charge in [0.2, 0.25) is 5.91 Å². The molecule has 9 nitrogen and oxygen atoms in total. The van der Waals surface area contributed by atoms with Crippen molar-refractivity contribution in [3.8, 4) is 0 Å². The van der Waals surface area contributed by atoms with Crippen LogP contribution in [0.4, 0.5) is 0 Å². The molecule has 0 saturated heterocycles. The number of likely N-dealkylation sites (N-methyl/N-ethyl adjacent to an activating group) is 1. The molecular weight excluding hydrogens is 976 g/mol. The summed E-state index contributed by atoms with van der Waals surface area (Å²) in [5.74, 6) is -0.563. The molecule has 0 spiro atoms. The third-order valence-corrected chi connectivity index (χ3v) is 14.8. The lowest BCUT2D eigenvalue weighted by Crippen LogP contribution is -2.47. The van der Waals surface area contributed by atoms with Gasteiger partial charge in [0.25, 0.3) is 7.82 Å². The largest absolute Gasteiger partial charge is 0.756 e. The van der Waals surface area contributed by atoms with Gasteiger partial charge in [-0.25, -0.2) is 0 Å². The molecule has 1 amide bonds. The number of carbonyl (C=O) groups excluding carboxylic acids is 2. The van der Waals surface area contributed by atoms with Gasteiger partial charge in [-0.1, -0.05) is 247 Å². The number of allylic oxidation sites excluding steroid dienone is 13. The molecule has 77 heavy (non-hydrogen) atoms. The van der Waals surface area contributed by atoms with E-state index in [1.54, 1.807) is 0 Å². The zero-order chi connectivity index (χ0) is 56.4. The highest BCUT2D eigenvalue weighted by Crippen LogP contribution is 2.38. The molecule has 1 N–H and O–H groups in total. The summed E-state index contributed by atoms with van der Waals surface area (Å²) >= 11 is 0. The van der Waals surface area contributed by atoms with Crippen molar-refractivity contribution >= 4 is 19.7 Å². The molecular formula is C67H121N2O7P. The van der Waals surface area contributed by atoms with E-state index in [0.29, 0.717) is 23.9 Å². The summed E-state index contributed by atoms with van der Waals surface area (Å²) in [4.78, 5) is 39.9. The predicted octanol–water partition coefficient (Wildman–Crippen LogP) is 19.1. The maximum absolute atomic E-state index is 13.5. The third kappa shape index (κ3) is 57.7. The van der Waals surface area contributed by atoms with Crippen LogP contribution in [-0.4, -0.2) is 69.4 Å². The molecule has 3 atom stereocenters. The molecule has 0 aliphatic heterocycles. The van der Waals surface area contributed by atoms with Crippen LogP contribution >= 0.6 is 7.82 Å². The summed E-state index contributed by atoms with van der Waals surface area (Å²) in [5.41, 5.74) is 0. The van der Waals surface area contributed by atoms with Gasteiger partial charge in [-0.2, -0.15) is 0 Å². The predicted molar refractivity (Wildman–Crippen MR) is 330 cm³/mol. The normalized spacial score (nSPS) is 14.2. The van der Waals surface area contributed by atoms with Crippen LogP contribution < -0.4 is 10.2 Å². The van der Waals surface area contributed by atoms with Gasteiger partial charge in [0.05, 0.1) is 33.8 Å². The van der Waals surface area contributed by atoms with E-state index in [1.165, 1.54) is 128 Å². The number of hydrogen-bond acceptors (Lipinski definition) is 7. The number of amides is 1. The van der Waals surface area contributed by atoms with Gasteiger partial charge in [-0.15, -0.1) is 0 Å². The first-order chi connectivity index (χ1) is 37.4. The fourth-order valence-electron chi connectivity index (χ4n) is 8.90. The summed E-state index contributed by atoms with van der Waals surface area (Å²) in [5, 5.41) is 3.02. The Morgan fingerprint density at radius 3 is 1.27 bits per heavy atom. The average Bonchev–Trinajstić information content (AvgIpc) is 3.39. The van der Waals surface area contributed by atoms with Gasteiger partial charge in [0.15, 0.2) is 0 Å². The molecule has 0 heterocycles. The number of nitrogens with zero attached hydrogens (tertiary/aromatic N) is 1. The maximum Gasteiger partial charge on any atom is 0.306 e. The van der Waals surface area contributed by atoms with E-state index in [0.717, 1.165) is 109 Å². The topological polar surface area (TPSA) is 114 Å². The second-order valence-electron chi connectivity index (χ2n) is 22.5. The quantitative estimate of drug-likeness (QED) is 0.0212. The van der Waals surface area contributed by atoms with Crippen molar-refractivity contribution in [1.82, 2.24) is 5.32 Å². The molecule has 0 fully saturated rings. The highest BCUT2D eigenvalue weighted by molar-refractivity contribution is 7.45. The molecule has 0 aromatic rings. The lowest BCUT2D eigenvalue weighted by Gasteiger charge is -2.30. The van der Waals surface area contributed by atoms with Crippen LogP contribution in [0.1, 0.15) is 278 Å². The number of nitrogens with one attached hydrogen (secondary N) is 1. The van der Waals surface area contributed by atoms with Crippen LogP contribution in [0.25, 0.3) is 0 Å². The molecule has 0 aliphatic rings. The van der Waals surface area contributed by atoms with Crippen molar-refractivity contribution in [2.45, 2.75) is 290 Å². The van der Waals surface area contributed by atoms with Crippen LogP contribution in [-0.2, 0) is 27.9 Å². The van der Waals surface area contributed by atoms with Gasteiger partial charge in [0.1, 0.15) is 19.3 Å². The molecule has 0 saturated carbocycles. The van der Waals surface area contributed by atoms with Crippen molar-refractivity contribution in [2.75, 3.05) is 40.9 Å². The molecule has 446 valence electrons. The molecule has 0 aliphatic carbocycles. The Morgan fingerprint density at radius 2 is 0.831 bits per heavy atom. The van der Waals surface area contributed by atoms with E-state index in [1.807, 2.05) is 33.3 Å². The van der Waals surface area contributed by atoms with Gasteiger partial charge >= 0.3 is 5.97 Å². The third-order valence-electron chi connectivity index (χ3n) is 13.8. The number of rotatable bonds is 57. The van der Waals surface area contributed by atoms with E-state index >= 15 is 0 Å². The first-order valence-corrected chi connectivity index (χ1v) is 33.4. The average molecular weight is 1100 g/mol. The van der Waals surface area contributed by atoms with Crippen molar-refractivity contribution in [3.63, 3.8) is 0 Å². The highest BCUT2D eigenvalue weighted by Gasteiger charge is 2.27. The fraction of sp³-hybridized carbons (Fsp3) is 0.761. The second kappa shape index (κ2) is 56.5. The number of hydrogen-bond donors (Lipinski definition) is 1. The summed E-state index contributed by atoms with van der Waals surface area (Å²) < 4.78 is 30.3. The van der Waals surface area contributed by atoms with Crippen molar-refractivity contribution in [3.05, 3.63) is 85.1 Å². The fourth-order valence-corrected chi connectivity index (χ4v) is 9.62. The Hall–Kier alpha value is -2.81. The van der Waals surface area contributed by atoms with E-state index in [-0.39, 0.29) is 24.9 Å². The number of esters is 1. The number of phosphoric ester groups is 1. The Balaban J connectivity index is 5.05. The van der Waals surface area contributed by atoms with E-state index in [2.05, 4.69) is 99.0 Å². The summed E-state index contributed by atoms with van der Waals surface area (Å²) in [7, 11) is 1.17. The number of ether oxygens (including phenoxy) is 1. The van der Waals surface area contributed by atoms with Crippen LogP contribution in [0.2, 0.25) is 0 Å². The number of carbonyl (C=O) groups is 2. The number of unbranched alkanes of at least 4 members (excludes halogenated alkanes) is 29. The minimum Gasteiger partial charge on any atom is -0.756 e. The summed E-state index contributed by atoms with van der Waals surface area (Å²) in [6, 6.07) is -0.898. The molecule has 0 radical (unpaired) electrons. The zero-order valence-corrected chi connectivity index (χ0v) is 51.8. The van der Waals surface area contributed by atoms with Crippen molar-refractivity contribution in [2.24, 2.45) is 0 Å². The Labute approximate surface area is 476 Å². The first kappa shape index (κ1) is 74.2. The molecule has 0 aromatic carbocycles. The summed E-state index contributed by atoms with van der Waals surface area (Å²) in [6.45, 7) is 6.71. The van der Waals surface area contributed by atoms with Gasteiger partial charge in [0, 0.05) is 12.8 Å². The smallest absolute Gasteiger partial charge is 0.306 e. The van der Waals surface area contributed by atoms with Crippen LogP contribution in [0, 0.1) is 0 Å². The SMILES string of the molecule is CC/C=C\C/C=C\C/C=C\C/C=C\C/C=C\CCCCCCCCCCCCCC(=O)NC(COP(=O)([O-])OCC[N+](C)(C)C)C(/C=C\CCCCCCCCCCC)OC(=O)CCCCC/C=C\CCCCCCCC. The molecule has 3 unspecified atom stereocenters. The Morgan fingerprint density at radius 1 is 0.468 bits per heavy atom. The van der Waals surface area contributed by atoms with E-state index in [9.17, 15) is 19.0 Å². The number of quaternary nitrogens is 1. The van der Waals surface area contributed by atoms with Crippen molar-refractivity contribution in [1.29, 1.82) is 0 Å². The molecule has 0 aromatic heterocycles. The standard InChI is InChI=1S/C67H121N2O7P/c1-7-10-13-16-19-22-25-27-28-29-30-31-32-33-34-35-36-37-38-39-40-42-44-47-50-53-56-59-66(70)68-64(63-75-77(72,73)74-62-61-69(4,5)6)65(58-55-52-49-46-43-24-21-18-15-12-9-3)76-67(71)60-57-54-51-48-45-41-26-23-20-17-14-11-8-2/h10,13,19,22,27-28,30-31,33-34,41,45,55,58,64-65H,7-9,11-12,14-18,20-21,23-26,29,32,35-40,42-44,46-54,56-57,59-63H2,1-6H3,(H-,68,70,72,73)/b13-10-,22-19-,28-27-,31-30-,34-33-,45-41-,58-55-. The zero-order valence-electron chi connectivity index (χ0n) is 50.9. The van der Waals surface area contributed by atoms with Gasteiger partial charge in [-0.3, -0.25) is 14.2 Å². The van der Waals surface area contributed by atoms with Crippen LogP contribution in [0.5, 0.6) is 0 Å². The monoisotopic (exact) mass is 1100 g/mol. The molecule has 0 rings (SSSR count). The lowest BCUT2D eigenvalue weighted by atomic mass is 10.0. The van der Waals surface area contributed by atoms with Gasteiger partial charge < -0.3 is 28.5 Å². The minimum atomic E-state index is -4.70. The maximum atomic E-state index is 13.5. The van der Waals surface area contributed by atoms with Crippen LogP contribution in [0.15, 0.2) is 85.1 Å². The lowest BCUT2D eigenvalue weighted by molar-refractivity contribution is -0.870. The van der Waals surface area contributed by atoms with Crippen molar-refractivity contribution < 1.29 is 37.3 Å². The summed E-state index contributed by atoms with van der Waals surface area (Å²) in [6.07, 6.45) is 74.2. The second-order valence-corrected chi connectivity index (χ2v) is 23.9. The van der Waals surface area contributed by atoms with Gasteiger partial charge in [-0.05, 0) is 102 Å². The van der Waals surface area contributed by atoms with E-state index < -0.39 is 26.6 Å². The molecule has 0 bridgehead atoms. The van der Waals surface area contributed by atoms with E-state index in [4.69, 9.17) is 13.8 Å². The van der Waals surface area contributed by atoms with Crippen LogP contribution in [0.3, 0.4) is 0 Å².